The second-order valence-electron chi connectivity index (χ2n) is 6.25. The first-order valence-electron chi connectivity index (χ1n) is 10.2. The van der Waals surface area contributed by atoms with E-state index >= 15 is 0 Å². The molecular formula is C21H35NO8. The summed E-state index contributed by atoms with van der Waals surface area (Å²) in [6.07, 6.45) is -0.377. The van der Waals surface area contributed by atoms with Gasteiger partial charge in [-0.15, -0.1) is 0 Å². The number of likely N-dealkylation sites (N-methyl/N-ethyl adjacent to an activating group) is 1. The molecule has 0 spiro atoms. The van der Waals surface area contributed by atoms with Crippen molar-refractivity contribution in [2.24, 2.45) is 0 Å². The van der Waals surface area contributed by atoms with E-state index in [4.69, 9.17) is 33.5 Å². The van der Waals surface area contributed by atoms with Crippen LogP contribution in [0.15, 0.2) is 30.3 Å². The molecule has 0 bridgehead atoms. The van der Waals surface area contributed by atoms with E-state index in [1.165, 1.54) is 4.90 Å². The molecule has 1 aromatic carbocycles. The van der Waals surface area contributed by atoms with Crippen molar-refractivity contribution >= 4 is 6.09 Å². The smallest absolute Gasteiger partial charge is 0.409 e. The number of hydrogen-bond acceptors (Lipinski definition) is 8. The largest absolute Gasteiger partial charge is 0.445 e. The second kappa shape index (κ2) is 19.2. The third-order valence-electron chi connectivity index (χ3n) is 3.81. The van der Waals surface area contributed by atoms with Crippen LogP contribution >= 0.6 is 0 Å². The minimum absolute atomic E-state index is 0.0228. The molecule has 0 saturated heterocycles. The Hall–Kier alpha value is -1.75. The predicted molar refractivity (Wildman–Crippen MR) is 110 cm³/mol. The quantitative estimate of drug-likeness (QED) is 0.329. The summed E-state index contributed by atoms with van der Waals surface area (Å²) < 4.78 is 31.8. The number of nitrogens with zero attached hydrogens (tertiary/aromatic N) is 1. The zero-order valence-electron chi connectivity index (χ0n) is 17.8. The maximum atomic E-state index is 11.9. The van der Waals surface area contributed by atoms with E-state index in [0.29, 0.717) is 72.6 Å². The molecule has 30 heavy (non-hydrogen) atoms. The van der Waals surface area contributed by atoms with Gasteiger partial charge in [0.15, 0.2) is 0 Å². The first kappa shape index (κ1) is 26.3. The van der Waals surface area contributed by atoms with E-state index in [2.05, 4.69) is 0 Å². The van der Waals surface area contributed by atoms with Crippen LogP contribution in [0.2, 0.25) is 0 Å². The van der Waals surface area contributed by atoms with Crippen molar-refractivity contribution in [3.63, 3.8) is 0 Å². The van der Waals surface area contributed by atoms with Crippen LogP contribution in [-0.4, -0.2) is 102 Å². The fourth-order valence-electron chi connectivity index (χ4n) is 2.17. The summed E-state index contributed by atoms with van der Waals surface area (Å²) in [5.74, 6) is 0. The van der Waals surface area contributed by atoms with Crippen molar-refractivity contribution in [3.8, 4) is 0 Å². The standard InChI is InChI=1S/C21H35NO8/c1-22(21(24)30-19-20-5-3-2-4-6-20)7-9-25-11-13-27-15-17-29-18-16-28-14-12-26-10-8-23/h2-6,23H,7-19H2,1H3. The van der Waals surface area contributed by atoms with Gasteiger partial charge < -0.3 is 38.4 Å². The average Bonchev–Trinajstić information content (AvgIpc) is 2.77. The van der Waals surface area contributed by atoms with Crippen molar-refractivity contribution < 1.29 is 38.3 Å². The first-order chi connectivity index (χ1) is 14.7. The van der Waals surface area contributed by atoms with Gasteiger partial charge in [0, 0.05) is 13.6 Å². The van der Waals surface area contributed by atoms with E-state index in [1.54, 1.807) is 7.05 Å². The Bertz CT molecular complexity index is 517. The van der Waals surface area contributed by atoms with E-state index < -0.39 is 0 Å². The molecule has 9 nitrogen and oxygen atoms in total. The highest BCUT2D eigenvalue weighted by molar-refractivity contribution is 5.67. The molecule has 0 aromatic heterocycles. The highest BCUT2D eigenvalue weighted by atomic mass is 16.6. The number of carbonyl (C=O) groups excluding carboxylic acids is 1. The molecule has 0 unspecified atom stereocenters. The van der Waals surface area contributed by atoms with Gasteiger partial charge in [0.2, 0.25) is 0 Å². The van der Waals surface area contributed by atoms with Crippen LogP contribution in [0.1, 0.15) is 5.56 Å². The van der Waals surface area contributed by atoms with Crippen LogP contribution in [0.4, 0.5) is 4.79 Å². The maximum Gasteiger partial charge on any atom is 0.409 e. The summed E-state index contributed by atoms with van der Waals surface area (Å²) in [7, 11) is 1.68. The molecule has 0 saturated carbocycles. The van der Waals surface area contributed by atoms with Gasteiger partial charge in [0.1, 0.15) is 6.61 Å². The fraction of sp³-hybridized carbons (Fsp3) is 0.667. The number of hydrogen-bond donors (Lipinski definition) is 1. The van der Waals surface area contributed by atoms with Gasteiger partial charge >= 0.3 is 6.09 Å². The van der Waals surface area contributed by atoms with Crippen LogP contribution in [-0.2, 0) is 35.0 Å². The average molecular weight is 430 g/mol. The van der Waals surface area contributed by atoms with Gasteiger partial charge in [0.25, 0.3) is 0 Å². The van der Waals surface area contributed by atoms with Crippen molar-refractivity contribution in [3.05, 3.63) is 35.9 Å². The summed E-state index contributed by atoms with van der Waals surface area (Å²) in [4.78, 5) is 13.4. The summed E-state index contributed by atoms with van der Waals surface area (Å²) in [6.45, 7) is 5.28. The Labute approximate surface area is 178 Å². The Balaban J connectivity index is 1.82. The van der Waals surface area contributed by atoms with Gasteiger partial charge in [-0.25, -0.2) is 4.79 Å². The summed E-state index contributed by atoms with van der Waals surface area (Å²) in [6, 6.07) is 9.55. The Morgan fingerprint density at radius 2 is 1.23 bits per heavy atom. The molecule has 172 valence electrons. The third kappa shape index (κ3) is 15.1. The number of amides is 1. The molecule has 1 N–H and O–H groups in total. The lowest BCUT2D eigenvalue weighted by Crippen LogP contribution is -2.31. The maximum absolute atomic E-state index is 11.9. The summed E-state index contributed by atoms with van der Waals surface area (Å²) in [5, 5.41) is 8.54. The number of aliphatic hydroxyl groups excluding tert-OH is 1. The van der Waals surface area contributed by atoms with Crippen molar-refractivity contribution in [2.75, 3.05) is 86.3 Å². The van der Waals surface area contributed by atoms with E-state index in [-0.39, 0.29) is 19.3 Å². The minimum atomic E-state index is -0.377. The SMILES string of the molecule is CN(CCOCCOCCOCCOCCOCCO)C(=O)OCc1ccccc1. The van der Waals surface area contributed by atoms with Gasteiger partial charge in [-0.3, -0.25) is 0 Å². The lowest BCUT2D eigenvalue weighted by atomic mass is 10.2. The molecule has 0 heterocycles. The van der Waals surface area contributed by atoms with Crippen LogP contribution in [0.3, 0.4) is 0 Å². The molecule has 0 radical (unpaired) electrons. The summed E-state index contributed by atoms with van der Waals surface area (Å²) in [5.41, 5.74) is 0.952. The molecule has 1 amide bonds. The highest BCUT2D eigenvalue weighted by Crippen LogP contribution is 2.02. The number of ether oxygens (including phenoxy) is 6. The Morgan fingerprint density at radius 3 is 1.73 bits per heavy atom. The number of carbonyl (C=O) groups is 1. The predicted octanol–water partition coefficient (Wildman–Crippen LogP) is 1.33. The minimum Gasteiger partial charge on any atom is -0.445 e. The Morgan fingerprint density at radius 1 is 0.767 bits per heavy atom. The molecule has 0 aliphatic carbocycles. The normalized spacial score (nSPS) is 10.9. The fourth-order valence-corrected chi connectivity index (χ4v) is 2.17. The first-order valence-corrected chi connectivity index (χ1v) is 10.2. The van der Waals surface area contributed by atoms with Crippen LogP contribution in [0, 0.1) is 0 Å². The Kier molecular flexibility index (Phi) is 16.8. The number of aliphatic hydroxyl groups is 1. The van der Waals surface area contributed by atoms with Gasteiger partial charge in [-0.05, 0) is 5.56 Å². The van der Waals surface area contributed by atoms with Crippen molar-refractivity contribution in [1.29, 1.82) is 0 Å². The molecule has 0 atom stereocenters. The second-order valence-corrected chi connectivity index (χ2v) is 6.25. The van der Waals surface area contributed by atoms with Crippen LogP contribution < -0.4 is 0 Å². The van der Waals surface area contributed by atoms with Gasteiger partial charge in [0.05, 0.1) is 72.7 Å². The molecule has 1 aromatic rings. The van der Waals surface area contributed by atoms with E-state index in [1.807, 2.05) is 30.3 Å². The van der Waals surface area contributed by atoms with E-state index in [9.17, 15) is 4.79 Å². The van der Waals surface area contributed by atoms with Gasteiger partial charge in [-0.2, -0.15) is 0 Å². The molecule has 0 aliphatic rings. The zero-order valence-corrected chi connectivity index (χ0v) is 17.8. The zero-order chi connectivity index (χ0) is 21.7. The van der Waals surface area contributed by atoms with Crippen LogP contribution in [0.5, 0.6) is 0 Å². The summed E-state index contributed by atoms with van der Waals surface area (Å²) >= 11 is 0. The van der Waals surface area contributed by atoms with Gasteiger partial charge in [-0.1, -0.05) is 30.3 Å². The molecule has 9 heteroatoms. The molecule has 0 aliphatic heterocycles. The number of rotatable bonds is 19. The molecule has 0 fully saturated rings. The van der Waals surface area contributed by atoms with Crippen molar-refractivity contribution in [2.45, 2.75) is 6.61 Å². The lowest BCUT2D eigenvalue weighted by Gasteiger charge is -2.17. The van der Waals surface area contributed by atoms with Crippen LogP contribution in [0.25, 0.3) is 0 Å². The molecular weight excluding hydrogens is 394 g/mol. The third-order valence-corrected chi connectivity index (χ3v) is 3.81. The van der Waals surface area contributed by atoms with Crippen molar-refractivity contribution in [1.82, 2.24) is 4.90 Å². The highest BCUT2D eigenvalue weighted by Gasteiger charge is 2.09. The van der Waals surface area contributed by atoms with E-state index in [0.717, 1.165) is 5.56 Å². The lowest BCUT2D eigenvalue weighted by molar-refractivity contribution is -0.0140. The number of benzene rings is 1. The molecule has 1 rings (SSSR count). The monoisotopic (exact) mass is 429 g/mol. The topological polar surface area (TPSA) is 95.9 Å².